The summed E-state index contributed by atoms with van der Waals surface area (Å²) in [4.78, 5) is 0. The zero-order valence-corrected chi connectivity index (χ0v) is 17.1. The van der Waals surface area contributed by atoms with E-state index in [4.69, 9.17) is 0 Å². The fourth-order valence-corrected chi connectivity index (χ4v) is 18.3. The van der Waals surface area contributed by atoms with E-state index in [0.29, 0.717) is 0 Å². The summed E-state index contributed by atoms with van der Waals surface area (Å²) in [6, 6.07) is 0. The van der Waals surface area contributed by atoms with E-state index in [-0.39, 0.29) is 0 Å². The molecule has 0 spiro atoms. The summed E-state index contributed by atoms with van der Waals surface area (Å²) in [6.45, 7) is 29.7. The van der Waals surface area contributed by atoms with Gasteiger partial charge in [-0.15, -0.1) is 0 Å². The second-order valence-corrected chi connectivity index (χ2v) is 19.2. The van der Waals surface area contributed by atoms with Crippen LogP contribution in [0.2, 0.25) is 36.3 Å². The molecule has 0 aliphatic rings. The molecule has 114 valence electrons. The summed E-state index contributed by atoms with van der Waals surface area (Å²) in [6.07, 6.45) is 0. The first-order valence-corrected chi connectivity index (χ1v) is 13.4. The van der Waals surface area contributed by atoms with E-state index in [1.54, 1.807) is 0 Å². The van der Waals surface area contributed by atoms with Gasteiger partial charge in [0.25, 0.3) is 0 Å². The topological polar surface area (TPSA) is 3.24 Å². The van der Waals surface area contributed by atoms with Crippen LogP contribution in [0.3, 0.4) is 0 Å². The molecule has 0 atom stereocenters. The molecule has 0 aromatic rings. The molecule has 3 heteroatoms. The highest BCUT2D eigenvalue weighted by Gasteiger charge is 2.51. The van der Waals surface area contributed by atoms with Gasteiger partial charge in [-0.05, 0) is 23.5 Å². The first-order chi connectivity index (χ1) is 8.38. The van der Waals surface area contributed by atoms with Crippen LogP contribution in [-0.2, 0) is 0 Å². The minimum Gasteiger partial charge on any atom is -0.341 e. The number of hydrogen-bond acceptors (Lipinski definition) is 1. The van der Waals surface area contributed by atoms with E-state index in [1.807, 2.05) is 0 Å². The molecule has 0 amide bonds. The molecule has 0 saturated carbocycles. The second kappa shape index (κ2) is 6.73. The fourth-order valence-electron chi connectivity index (χ4n) is 4.16. The van der Waals surface area contributed by atoms with Crippen LogP contribution in [0.15, 0.2) is 12.2 Å². The summed E-state index contributed by atoms with van der Waals surface area (Å²) in [5, 5.41) is 0. The molecule has 19 heavy (non-hydrogen) atoms. The van der Waals surface area contributed by atoms with E-state index < -0.39 is 16.5 Å². The maximum absolute atomic E-state index is 4.20. The van der Waals surface area contributed by atoms with Gasteiger partial charge in [-0.25, -0.2) is 0 Å². The molecular weight excluding hydrogens is 262 g/mol. The van der Waals surface area contributed by atoms with E-state index in [1.165, 1.54) is 5.57 Å². The van der Waals surface area contributed by atoms with E-state index in [9.17, 15) is 0 Å². The van der Waals surface area contributed by atoms with Crippen molar-refractivity contribution in [2.75, 3.05) is 6.54 Å². The normalized spacial score (nSPS) is 14.0. The Morgan fingerprint density at radius 2 is 1.21 bits per heavy atom. The van der Waals surface area contributed by atoms with Gasteiger partial charge in [0.2, 0.25) is 0 Å². The standard InChI is InChI=1S/C16H37NSi2/c1-13(2)12-17(18(9,10)11)19(14(3)4,15(5)6)16(7)8/h14-16H,1,12H2,2-11H3. The van der Waals surface area contributed by atoms with Gasteiger partial charge in [0, 0.05) is 6.54 Å². The minimum absolute atomic E-state index is 0.790. The van der Waals surface area contributed by atoms with Gasteiger partial charge >= 0.3 is 0 Å². The first-order valence-electron chi connectivity index (χ1n) is 7.80. The van der Waals surface area contributed by atoms with Crippen LogP contribution >= 0.6 is 0 Å². The van der Waals surface area contributed by atoms with Crippen molar-refractivity contribution in [3.63, 3.8) is 0 Å². The van der Waals surface area contributed by atoms with Crippen LogP contribution in [0.1, 0.15) is 48.5 Å². The maximum Gasteiger partial charge on any atom is 0.129 e. The van der Waals surface area contributed by atoms with Gasteiger partial charge in [0.1, 0.15) is 16.5 Å². The Balaban J connectivity index is 5.94. The SMILES string of the molecule is C=C(C)CN([Si](C)(C)C)[Si](C(C)C)(C(C)C)C(C)C. The van der Waals surface area contributed by atoms with Crippen LogP contribution < -0.4 is 0 Å². The van der Waals surface area contributed by atoms with Crippen molar-refractivity contribution in [3.8, 4) is 0 Å². The quantitative estimate of drug-likeness (QED) is 0.419. The highest BCUT2D eigenvalue weighted by Crippen LogP contribution is 2.46. The predicted molar refractivity (Wildman–Crippen MR) is 95.9 cm³/mol. The molecule has 0 rings (SSSR count). The van der Waals surface area contributed by atoms with Crippen LogP contribution in [0.5, 0.6) is 0 Å². The highest BCUT2D eigenvalue weighted by molar-refractivity contribution is 6.93. The van der Waals surface area contributed by atoms with Crippen molar-refractivity contribution in [1.82, 2.24) is 4.23 Å². The molecule has 0 bridgehead atoms. The molecule has 0 radical (unpaired) electrons. The molecule has 0 aromatic carbocycles. The Bertz CT molecular complexity index is 279. The van der Waals surface area contributed by atoms with E-state index in [0.717, 1.165) is 23.2 Å². The molecule has 0 saturated heterocycles. The van der Waals surface area contributed by atoms with E-state index >= 15 is 0 Å². The fraction of sp³-hybridized carbons (Fsp3) is 0.875. The predicted octanol–water partition coefficient (Wildman–Crippen LogP) is 5.87. The minimum atomic E-state index is -1.52. The summed E-state index contributed by atoms with van der Waals surface area (Å²) >= 11 is 0. The van der Waals surface area contributed by atoms with Crippen molar-refractivity contribution in [1.29, 1.82) is 0 Å². The lowest BCUT2D eigenvalue weighted by Crippen LogP contribution is -2.68. The van der Waals surface area contributed by atoms with Gasteiger partial charge < -0.3 is 4.23 Å². The average molecular weight is 300 g/mol. The molecule has 0 aromatic heterocycles. The van der Waals surface area contributed by atoms with Crippen LogP contribution in [0.4, 0.5) is 0 Å². The molecule has 0 unspecified atom stereocenters. The lowest BCUT2D eigenvalue weighted by atomic mass is 10.4. The Hall–Kier alpha value is 0.134. The van der Waals surface area contributed by atoms with Crippen molar-refractivity contribution in [2.45, 2.75) is 84.7 Å². The lowest BCUT2D eigenvalue weighted by Gasteiger charge is -2.56. The molecule has 0 aliphatic heterocycles. The Morgan fingerprint density at radius 3 is 1.37 bits per heavy atom. The van der Waals surface area contributed by atoms with Gasteiger partial charge in [-0.2, -0.15) is 0 Å². The van der Waals surface area contributed by atoms with E-state index in [2.05, 4.69) is 78.9 Å². The summed E-state index contributed by atoms with van der Waals surface area (Å²) in [7, 11) is -2.86. The molecule has 1 nitrogen and oxygen atoms in total. The monoisotopic (exact) mass is 299 g/mol. The lowest BCUT2D eigenvalue weighted by molar-refractivity contribution is 0.578. The highest BCUT2D eigenvalue weighted by atomic mass is 28.4. The van der Waals surface area contributed by atoms with Crippen molar-refractivity contribution in [3.05, 3.63) is 12.2 Å². The molecule has 0 aliphatic carbocycles. The van der Waals surface area contributed by atoms with Gasteiger partial charge in [0.05, 0.1) is 0 Å². The smallest absolute Gasteiger partial charge is 0.129 e. The van der Waals surface area contributed by atoms with Gasteiger partial charge in [-0.3, -0.25) is 0 Å². The molecule has 0 fully saturated rings. The Kier molecular flexibility index (Phi) is 6.77. The van der Waals surface area contributed by atoms with Crippen LogP contribution in [0.25, 0.3) is 0 Å². The number of nitrogens with zero attached hydrogens (tertiary/aromatic N) is 1. The molecule has 0 heterocycles. The van der Waals surface area contributed by atoms with Crippen molar-refractivity contribution < 1.29 is 0 Å². The molecule has 0 N–H and O–H groups in total. The van der Waals surface area contributed by atoms with Crippen molar-refractivity contribution in [2.24, 2.45) is 0 Å². The molecular formula is C16H37NSi2. The second-order valence-electron chi connectivity index (χ2n) is 8.07. The third kappa shape index (κ3) is 4.05. The summed E-state index contributed by atoms with van der Waals surface area (Å²) < 4.78 is 2.97. The summed E-state index contributed by atoms with van der Waals surface area (Å²) in [5.41, 5.74) is 3.69. The maximum atomic E-state index is 4.20. The third-order valence-electron chi connectivity index (χ3n) is 4.48. The first kappa shape index (κ1) is 19.1. The average Bonchev–Trinajstić information content (AvgIpc) is 2.12. The Labute approximate surface area is 124 Å². The third-order valence-corrected chi connectivity index (χ3v) is 16.1. The van der Waals surface area contributed by atoms with Crippen LogP contribution in [-0.4, -0.2) is 27.2 Å². The Morgan fingerprint density at radius 1 is 0.895 bits per heavy atom. The van der Waals surface area contributed by atoms with Crippen molar-refractivity contribution >= 4 is 16.5 Å². The summed E-state index contributed by atoms with van der Waals surface area (Å²) in [5.74, 6) is 0. The van der Waals surface area contributed by atoms with Crippen LogP contribution in [0, 0.1) is 0 Å². The van der Waals surface area contributed by atoms with Gasteiger partial charge in [-0.1, -0.05) is 73.3 Å². The number of rotatable bonds is 7. The zero-order chi connectivity index (χ0) is 15.6. The largest absolute Gasteiger partial charge is 0.341 e. The van der Waals surface area contributed by atoms with Gasteiger partial charge in [0.15, 0.2) is 0 Å². The number of hydrogen-bond donors (Lipinski definition) is 0. The zero-order valence-electron chi connectivity index (χ0n) is 15.1.